The van der Waals surface area contributed by atoms with Crippen molar-refractivity contribution in [1.82, 2.24) is 9.97 Å². The molecule has 3 nitrogen and oxygen atoms in total. The van der Waals surface area contributed by atoms with Gasteiger partial charge in [-0.25, -0.2) is 9.97 Å². The van der Waals surface area contributed by atoms with Gasteiger partial charge in [0.25, 0.3) is 0 Å². The molecule has 0 saturated carbocycles. The van der Waals surface area contributed by atoms with E-state index in [9.17, 15) is 5.11 Å². The molecule has 3 rings (SSSR count). The zero-order chi connectivity index (χ0) is 13.9. The van der Waals surface area contributed by atoms with Crippen LogP contribution in [0.15, 0.2) is 60.7 Å². The Bertz CT molecular complexity index is 744. The second kappa shape index (κ2) is 5.31. The molecule has 2 aromatic carbocycles. The molecule has 98 valence electrons. The molecule has 0 amide bonds. The van der Waals surface area contributed by atoms with Gasteiger partial charge in [0.05, 0.1) is 11.3 Å². The lowest BCUT2D eigenvalue weighted by atomic mass is 10.1. The van der Waals surface area contributed by atoms with Crippen molar-refractivity contribution in [2.45, 2.75) is 0 Å². The second-order valence-corrected chi connectivity index (χ2v) is 4.67. The SMILES string of the molecule is Oc1ccccc1-c1nc(Cl)cc(-c2ccccc2)n1. The summed E-state index contributed by atoms with van der Waals surface area (Å²) in [6.45, 7) is 0. The molecule has 0 spiro atoms. The summed E-state index contributed by atoms with van der Waals surface area (Å²) in [4.78, 5) is 8.66. The smallest absolute Gasteiger partial charge is 0.165 e. The summed E-state index contributed by atoms with van der Waals surface area (Å²) in [6, 6.07) is 18.4. The maximum atomic E-state index is 9.89. The molecule has 3 aromatic rings. The third-order valence-corrected chi connectivity index (χ3v) is 3.10. The highest BCUT2D eigenvalue weighted by atomic mass is 35.5. The van der Waals surface area contributed by atoms with Gasteiger partial charge >= 0.3 is 0 Å². The molecular formula is C16H11ClN2O. The number of rotatable bonds is 2. The average molecular weight is 283 g/mol. The van der Waals surface area contributed by atoms with Crippen LogP contribution >= 0.6 is 11.6 Å². The average Bonchev–Trinajstić information content (AvgIpc) is 2.48. The van der Waals surface area contributed by atoms with Gasteiger partial charge in [0.2, 0.25) is 0 Å². The highest BCUT2D eigenvalue weighted by Crippen LogP contribution is 2.29. The molecule has 0 fully saturated rings. The van der Waals surface area contributed by atoms with Crippen molar-refractivity contribution in [3.05, 3.63) is 65.8 Å². The van der Waals surface area contributed by atoms with Gasteiger partial charge in [0.15, 0.2) is 5.82 Å². The van der Waals surface area contributed by atoms with E-state index in [2.05, 4.69) is 9.97 Å². The summed E-state index contributed by atoms with van der Waals surface area (Å²) in [6.07, 6.45) is 0. The Kier molecular flexibility index (Phi) is 3.35. The minimum Gasteiger partial charge on any atom is -0.507 e. The summed E-state index contributed by atoms with van der Waals surface area (Å²) in [5.41, 5.74) is 2.24. The fourth-order valence-electron chi connectivity index (χ4n) is 1.96. The van der Waals surface area contributed by atoms with E-state index in [1.807, 2.05) is 36.4 Å². The minimum atomic E-state index is 0.133. The number of hydrogen-bond donors (Lipinski definition) is 1. The summed E-state index contributed by atoms with van der Waals surface area (Å²) in [5.74, 6) is 0.545. The molecular weight excluding hydrogens is 272 g/mol. The quantitative estimate of drug-likeness (QED) is 0.718. The number of nitrogens with zero attached hydrogens (tertiary/aromatic N) is 2. The molecule has 4 heteroatoms. The predicted molar refractivity (Wildman–Crippen MR) is 79.6 cm³/mol. The topological polar surface area (TPSA) is 46.0 Å². The number of phenols is 1. The van der Waals surface area contributed by atoms with Gasteiger partial charge in [-0.15, -0.1) is 0 Å². The second-order valence-electron chi connectivity index (χ2n) is 4.28. The lowest BCUT2D eigenvalue weighted by Gasteiger charge is -2.06. The van der Waals surface area contributed by atoms with Crippen molar-refractivity contribution in [3.63, 3.8) is 0 Å². The van der Waals surface area contributed by atoms with Crippen LogP contribution in [0.25, 0.3) is 22.6 Å². The molecule has 0 unspecified atom stereocenters. The zero-order valence-corrected chi connectivity index (χ0v) is 11.2. The third-order valence-electron chi connectivity index (χ3n) is 2.91. The first-order valence-corrected chi connectivity index (χ1v) is 6.50. The monoisotopic (exact) mass is 282 g/mol. The van der Waals surface area contributed by atoms with Gasteiger partial charge in [-0.3, -0.25) is 0 Å². The van der Waals surface area contributed by atoms with Crippen molar-refractivity contribution >= 4 is 11.6 Å². The summed E-state index contributed by atoms with van der Waals surface area (Å²) >= 11 is 6.07. The van der Waals surface area contributed by atoms with Crippen molar-refractivity contribution in [2.24, 2.45) is 0 Å². The number of aromatic hydroxyl groups is 1. The first-order valence-electron chi connectivity index (χ1n) is 6.12. The minimum absolute atomic E-state index is 0.133. The van der Waals surface area contributed by atoms with Crippen molar-refractivity contribution in [2.75, 3.05) is 0 Å². The number of halogens is 1. The largest absolute Gasteiger partial charge is 0.507 e. The summed E-state index contributed by atoms with van der Waals surface area (Å²) < 4.78 is 0. The van der Waals surface area contributed by atoms with Crippen LogP contribution in [0.3, 0.4) is 0 Å². The van der Waals surface area contributed by atoms with E-state index in [4.69, 9.17) is 11.6 Å². The van der Waals surface area contributed by atoms with Crippen LogP contribution in [0.4, 0.5) is 0 Å². The Balaban J connectivity index is 2.15. The number of para-hydroxylation sites is 1. The van der Waals surface area contributed by atoms with E-state index in [-0.39, 0.29) is 5.75 Å². The fraction of sp³-hybridized carbons (Fsp3) is 0. The number of phenolic OH excluding ortho intramolecular Hbond substituents is 1. The first-order chi connectivity index (χ1) is 9.74. The van der Waals surface area contributed by atoms with Crippen LogP contribution in [0.1, 0.15) is 0 Å². The lowest BCUT2D eigenvalue weighted by molar-refractivity contribution is 0.477. The zero-order valence-electron chi connectivity index (χ0n) is 10.5. The molecule has 0 saturated heterocycles. The van der Waals surface area contributed by atoms with E-state index in [1.165, 1.54) is 0 Å². The molecule has 0 atom stereocenters. The normalized spacial score (nSPS) is 10.4. The Morgan fingerprint density at radius 1 is 0.850 bits per heavy atom. The Hall–Kier alpha value is -2.39. The van der Waals surface area contributed by atoms with Crippen LogP contribution in [0.5, 0.6) is 5.75 Å². The van der Waals surface area contributed by atoms with Crippen LogP contribution in [0.2, 0.25) is 5.15 Å². The fourth-order valence-corrected chi connectivity index (χ4v) is 2.14. The van der Waals surface area contributed by atoms with Gasteiger partial charge in [-0.1, -0.05) is 54.1 Å². The van der Waals surface area contributed by atoms with E-state index in [0.29, 0.717) is 16.5 Å². The molecule has 0 radical (unpaired) electrons. The van der Waals surface area contributed by atoms with Gasteiger partial charge in [-0.2, -0.15) is 0 Å². The molecule has 0 aliphatic rings. The highest BCUT2D eigenvalue weighted by molar-refractivity contribution is 6.29. The third kappa shape index (κ3) is 2.49. The van der Waals surface area contributed by atoms with Crippen LogP contribution in [-0.2, 0) is 0 Å². The van der Waals surface area contributed by atoms with Gasteiger partial charge in [0, 0.05) is 11.6 Å². The number of benzene rings is 2. The van der Waals surface area contributed by atoms with Crippen molar-refractivity contribution in [3.8, 4) is 28.4 Å². The van der Waals surface area contributed by atoms with Crippen molar-refractivity contribution in [1.29, 1.82) is 0 Å². The molecule has 1 aromatic heterocycles. The van der Waals surface area contributed by atoms with E-state index in [0.717, 1.165) is 11.3 Å². The van der Waals surface area contributed by atoms with Gasteiger partial charge < -0.3 is 5.11 Å². The molecule has 0 bridgehead atoms. The lowest BCUT2D eigenvalue weighted by Crippen LogP contribution is -1.93. The molecule has 1 heterocycles. The molecule has 0 aliphatic carbocycles. The molecule has 0 aliphatic heterocycles. The van der Waals surface area contributed by atoms with Gasteiger partial charge in [0.1, 0.15) is 10.9 Å². The van der Waals surface area contributed by atoms with E-state index < -0.39 is 0 Å². The van der Waals surface area contributed by atoms with Crippen LogP contribution < -0.4 is 0 Å². The molecule has 1 N–H and O–H groups in total. The molecule has 20 heavy (non-hydrogen) atoms. The highest BCUT2D eigenvalue weighted by Gasteiger charge is 2.10. The maximum absolute atomic E-state index is 9.89. The van der Waals surface area contributed by atoms with Crippen molar-refractivity contribution < 1.29 is 5.11 Å². The van der Waals surface area contributed by atoms with Crippen LogP contribution in [-0.4, -0.2) is 15.1 Å². The Labute approximate surface area is 121 Å². The number of aromatic nitrogens is 2. The first kappa shape index (κ1) is 12.6. The Morgan fingerprint density at radius 2 is 1.55 bits per heavy atom. The van der Waals surface area contributed by atoms with E-state index >= 15 is 0 Å². The predicted octanol–water partition coefficient (Wildman–Crippen LogP) is 4.17. The summed E-state index contributed by atoms with van der Waals surface area (Å²) in [7, 11) is 0. The van der Waals surface area contributed by atoms with Gasteiger partial charge in [-0.05, 0) is 12.1 Å². The Morgan fingerprint density at radius 3 is 2.30 bits per heavy atom. The van der Waals surface area contributed by atoms with Crippen LogP contribution in [0, 0.1) is 0 Å². The summed E-state index contributed by atoms with van der Waals surface area (Å²) in [5, 5.41) is 10.2. The maximum Gasteiger partial charge on any atom is 0.165 e. The standard InChI is InChI=1S/C16H11ClN2O/c17-15-10-13(11-6-2-1-3-7-11)18-16(19-15)12-8-4-5-9-14(12)20/h1-10,20H. The number of hydrogen-bond acceptors (Lipinski definition) is 3. The van der Waals surface area contributed by atoms with E-state index in [1.54, 1.807) is 24.3 Å².